The number of nitrogens with zero attached hydrogens (tertiary/aromatic N) is 4. The van der Waals surface area contributed by atoms with Crippen molar-refractivity contribution in [3.63, 3.8) is 0 Å². The molecular formula is C24H27ClN8O5. The summed E-state index contributed by atoms with van der Waals surface area (Å²) in [5.41, 5.74) is 1.11. The largest absolute Gasteiger partial charge is 0.423 e. The van der Waals surface area contributed by atoms with Gasteiger partial charge in [-0.2, -0.15) is 4.98 Å². The third kappa shape index (κ3) is 7.32. The molecule has 0 spiro atoms. The molecule has 38 heavy (non-hydrogen) atoms. The number of amides is 3. The van der Waals surface area contributed by atoms with E-state index < -0.39 is 5.97 Å². The summed E-state index contributed by atoms with van der Waals surface area (Å²) in [6.07, 6.45) is 1.39. The van der Waals surface area contributed by atoms with E-state index in [-0.39, 0.29) is 34.9 Å². The molecule has 1 aliphatic rings. The Bertz CT molecular complexity index is 1340. The van der Waals surface area contributed by atoms with Gasteiger partial charge < -0.3 is 30.3 Å². The second-order valence-electron chi connectivity index (χ2n) is 8.64. The average molecular weight is 543 g/mol. The van der Waals surface area contributed by atoms with Crippen LogP contribution in [0, 0.1) is 6.92 Å². The number of halogens is 1. The number of piperidine rings is 1. The number of likely N-dealkylation sites (tertiary alicyclic amines) is 1. The van der Waals surface area contributed by atoms with E-state index in [1.807, 2.05) is 0 Å². The summed E-state index contributed by atoms with van der Waals surface area (Å²) in [7, 11) is 0. The second-order valence-corrected chi connectivity index (χ2v) is 9.05. The Balaban J connectivity index is 1.35. The first-order valence-corrected chi connectivity index (χ1v) is 12.2. The summed E-state index contributed by atoms with van der Waals surface area (Å²) in [5, 5.41) is 15.5. The number of H-pyrrole nitrogens is 1. The van der Waals surface area contributed by atoms with Crippen molar-refractivity contribution in [2.24, 2.45) is 0 Å². The van der Waals surface area contributed by atoms with E-state index in [0.29, 0.717) is 54.7 Å². The molecule has 0 bridgehead atoms. The van der Waals surface area contributed by atoms with Gasteiger partial charge in [-0.25, -0.2) is 9.78 Å². The number of anilines is 3. The summed E-state index contributed by atoms with van der Waals surface area (Å²) in [5.74, 6) is 0.828. The molecule has 4 N–H and O–H groups in total. The summed E-state index contributed by atoms with van der Waals surface area (Å²) in [6.45, 7) is 5.84. The summed E-state index contributed by atoms with van der Waals surface area (Å²) < 4.78 is 10.7. The lowest BCUT2D eigenvalue weighted by Crippen LogP contribution is -2.47. The Hall–Kier alpha value is -4.39. The van der Waals surface area contributed by atoms with E-state index >= 15 is 0 Å². The molecule has 1 aromatic carbocycles. The van der Waals surface area contributed by atoms with Gasteiger partial charge in [0, 0.05) is 56.5 Å². The number of aromatic nitrogens is 4. The highest BCUT2D eigenvalue weighted by Gasteiger charge is 2.22. The van der Waals surface area contributed by atoms with Crippen molar-refractivity contribution in [2.45, 2.75) is 39.7 Å². The van der Waals surface area contributed by atoms with Crippen LogP contribution in [-0.2, 0) is 9.59 Å². The molecule has 1 fully saturated rings. The number of benzene rings is 1. The van der Waals surface area contributed by atoms with Crippen molar-refractivity contribution in [1.82, 2.24) is 30.4 Å². The first-order valence-electron chi connectivity index (χ1n) is 11.8. The molecule has 3 heterocycles. The highest BCUT2D eigenvalue weighted by Crippen LogP contribution is 2.31. The molecule has 14 heteroatoms. The molecule has 3 amide bonds. The van der Waals surface area contributed by atoms with E-state index in [0.717, 1.165) is 0 Å². The summed E-state index contributed by atoms with van der Waals surface area (Å²) in [4.78, 5) is 45.3. The quantitative estimate of drug-likeness (QED) is 0.325. The fourth-order valence-corrected chi connectivity index (χ4v) is 4.03. The molecule has 0 radical (unpaired) electrons. The molecular weight excluding hydrogens is 516 g/mol. The number of esters is 1. The van der Waals surface area contributed by atoms with E-state index in [2.05, 4.69) is 36.1 Å². The molecule has 1 saturated heterocycles. The van der Waals surface area contributed by atoms with Gasteiger partial charge >= 0.3 is 18.0 Å². The number of aryl methyl sites for hydroxylation is 1. The van der Waals surface area contributed by atoms with Gasteiger partial charge in [0.1, 0.15) is 17.4 Å². The standard InChI is InChI=1S/C24H27ClN8O5/c1-13-10-20(29-21-12-22(32-31-21)37-15(3)35)30-24(26-13)38-19-5-4-17(11-18(19)25)28-23(36)27-16-6-8-33(9-7-16)14(2)34/h4-5,10-12,16H,6-9H2,1-3H3,(H2,27,28,36)(H2,26,29,30,31,32). The Labute approximate surface area is 223 Å². The average Bonchev–Trinajstić information content (AvgIpc) is 3.26. The fourth-order valence-electron chi connectivity index (χ4n) is 3.81. The van der Waals surface area contributed by atoms with Crippen LogP contribution in [0.25, 0.3) is 0 Å². The molecule has 4 rings (SSSR count). The van der Waals surface area contributed by atoms with E-state index in [9.17, 15) is 14.4 Å². The van der Waals surface area contributed by atoms with E-state index in [4.69, 9.17) is 21.1 Å². The van der Waals surface area contributed by atoms with Gasteiger partial charge in [0.15, 0.2) is 0 Å². The van der Waals surface area contributed by atoms with Crippen molar-refractivity contribution in [3.05, 3.63) is 41.0 Å². The maximum atomic E-state index is 12.4. The normalized spacial score (nSPS) is 13.5. The number of aromatic amines is 1. The summed E-state index contributed by atoms with van der Waals surface area (Å²) in [6, 6.07) is 7.68. The SMILES string of the molecule is CC(=O)Oc1cc(Nc2cc(C)nc(Oc3ccc(NC(=O)NC4CCN(C(C)=O)CC4)cc3Cl)n2)[nH]n1. The van der Waals surface area contributed by atoms with Crippen molar-refractivity contribution in [3.8, 4) is 17.6 Å². The fraction of sp³-hybridized carbons (Fsp3) is 0.333. The van der Waals surface area contributed by atoms with Crippen LogP contribution < -0.4 is 25.4 Å². The number of hydrogen-bond acceptors (Lipinski definition) is 9. The zero-order valence-electron chi connectivity index (χ0n) is 21.0. The van der Waals surface area contributed by atoms with Gasteiger partial charge in [0.05, 0.1) is 5.02 Å². The zero-order valence-corrected chi connectivity index (χ0v) is 21.8. The lowest BCUT2D eigenvalue weighted by molar-refractivity contribution is -0.132. The number of carbonyl (C=O) groups excluding carboxylic acids is 3. The number of hydrogen-bond donors (Lipinski definition) is 4. The molecule has 2 aromatic heterocycles. The molecule has 200 valence electrons. The highest BCUT2D eigenvalue weighted by atomic mass is 35.5. The predicted octanol–water partition coefficient (Wildman–Crippen LogP) is 3.76. The molecule has 0 unspecified atom stereocenters. The van der Waals surface area contributed by atoms with Crippen LogP contribution in [-0.4, -0.2) is 62.1 Å². The second kappa shape index (κ2) is 11.8. The minimum absolute atomic E-state index is 0.0139. The Morgan fingerprint density at radius 2 is 1.87 bits per heavy atom. The smallest absolute Gasteiger partial charge is 0.324 e. The van der Waals surface area contributed by atoms with Gasteiger partial charge in [-0.05, 0) is 38.0 Å². The van der Waals surface area contributed by atoms with Crippen LogP contribution in [0.5, 0.6) is 17.6 Å². The van der Waals surface area contributed by atoms with Crippen LogP contribution in [0.2, 0.25) is 5.02 Å². The molecule has 0 atom stereocenters. The Morgan fingerprint density at radius 1 is 1.11 bits per heavy atom. The predicted molar refractivity (Wildman–Crippen MR) is 139 cm³/mol. The number of ether oxygens (including phenoxy) is 2. The third-order valence-electron chi connectivity index (χ3n) is 5.57. The first-order chi connectivity index (χ1) is 18.1. The van der Waals surface area contributed by atoms with Crippen molar-refractivity contribution >= 4 is 46.8 Å². The van der Waals surface area contributed by atoms with Crippen LogP contribution in [0.3, 0.4) is 0 Å². The minimum atomic E-state index is -0.484. The topological polar surface area (TPSA) is 163 Å². The third-order valence-corrected chi connectivity index (χ3v) is 5.86. The lowest BCUT2D eigenvalue weighted by Gasteiger charge is -2.31. The van der Waals surface area contributed by atoms with Crippen LogP contribution >= 0.6 is 11.6 Å². The molecule has 0 aliphatic carbocycles. The van der Waals surface area contributed by atoms with Crippen LogP contribution in [0.1, 0.15) is 32.4 Å². The molecule has 1 aliphatic heterocycles. The maximum Gasteiger partial charge on any atom is 0.324 e. The van der Waals surface area contributed by atoms with E-state index in [1.54, 1.807) is 43.0 Å². The van der Waals surface area contributed by atoms with Crippen LogP contribution in [0.15, 0.2) is 30.3 Å². The number of urea groups is 1. The molecule has 0 saturated carbocycles. The monoisotopic (exact) mass is 542 g/mol. The minimum Gasteiger partial charge on any atom is -0.423 e. The lowest BCUT2D eigenvalue weighted by atomic mass is 10.1. The van der Waals surface area contributed by atoms with Gasteiger partial charge in [-0.1, -0.05) is 11.6 Å². The highest BCUT2D eigenvalue weighted by molar-refractivity contribution is 6.32. The van der Waals surface area contributed by atoms with Gasteiger partial charge in [0.25, 0.3) is 0 Å². The Morgan fingerprint density at radius 3 is 2.55 bits per heavy atom. The summed E-state index contributed by atoms with van der Waals surface area (Å²) >= 11 is 6.39. The maximum absolute atomic E-state index is 12.4. The van der Waals surface area contributed by atoms with Gasteiger partial charge in [-0.3, -0.25) is 14.7 Å². The molecule has 3 aromatic rings. The van der Waals surface area contributed by atoms with Crippen molar-refractivity contribution in [2.75, 3.05) is 23.7 Å². The number of rotatable bonds is 7. The number of carbonyl (C=O) groups is 3. The van der Waals surface area contributed by atoms with Crippen molar-refractivity contribution in [1.29, 1.82) is 0 Å². The van der Waals surface area contributed by atoms with Gasteiger partial charge in [-0.15, -0.1) is 5.10 Å². The Kier molecular flexibility index (Phi) is 8.26. The van der Waals surface area contributed by atoms with Gasteiger partial charge in [0.2, 0.25) is 11.8 Å². The zero-order chi connectivity index (χ0) is 27.2. The van der Waals surface area contributed by atoms with E-state index in [1.165, 1.54) is 13.0 Å². The number of nitrogens with one attached hydrogen (secondary N) is 4. The van der Waals surface area contributed by atoms with Crippen LogP contribution in [0.4, 0.5) is 22.1 Å². The first kappa shape index (κ1) is 26.7. The molecule has 13 nitrogen and oxygen atoms in total. The van der Waals surface area contributed by atoms with Crippen molar-refractivity contribution < 1.29 is 23.9 Å².